The normalized spacial score (nSPS) is 26.5. The van der Waals surface area contributed by atoms with Crippen LogP contribution in [0.15, 0.2) is 24.3 Å². The number of piperidine rings is 1. The molecule has 1 heterocycles. The monoisotopic (exact) mass is 284 g/mol. The molecule has 0 amide bonds. The molecule has 3 heteroatoms. The number of hydrogen-bond donors (Lipinski definition) is 1. The maximum atomic E-state index is 9.91. The Balaban J connectivity index is 1.66. The highest BCUT2D eigenvalue weighted by molar-refractivity contribution is 5.32. The SMILES string of the molecule is N#Cc1cccc(CN2CCC[C@@](CO)(CC3CC3)C2)c1. The first-order valence-electron chi connectivity index (χ1n) is 8.05. The molecular formula is C18H24N2O. The Morgan fingerprint density at radius 1 is 1.38 bits per heavy atom. The van der Waals surface area contributed by atoms with Gasteiger partial charge in [-0.2, -0.15) is 5.26 Å². The fourth-order valence-corrected chi connectivity index (χ4v) is 3.74. The lowest BCUT2D eigenvalue weighted by Crippen LogP contribution is -2.45. The van der Waals surface area contributed by atoms with Crippen LogP contribution in [0.1, 0.15) is 43.2 Å². The zero-order valence-electron chi connectivity index (χ0n) is 12.6. The van der Waals surface area contributed by atoms with E-state index in [0.717, 1.165) is 37.5 Å². The highest BCUT2D eigenvalue weighted by Crippen LogP contribution is 2.44. The van der Waals surface area contributed by atoms with Crippen LogP contribution in [0.2, 0.25) is 0 Å². The first kappa shape index (κ1) is 14.6. The minimum absolute atomic E-state index is 0.117. The Morgan fingerprint density at radius 3 is 2.95 bits per heavy atom. The topological polar surface area (TPSA) is 47.3 Å². The third-order valence-corrected chi connectivity index (χ3v) is 4.96. The first-order chi connectivity index (χ1) is 10.2. The average molecular weight is 284 g/mol. The van der Waals surface area contributed by atoms with Crippen molar-refractivity contribution < 1.29 is 5.11 Å². The number of likely N-dealkylation sites (tertiary alicyclic amines) is 1. The zero-order chi connectivity index (χ0) is 14.7. The lowest BCUT2D eigenvalue weighted by Gasteiger charge is -2.42. The van der Waals surface area contributed by atoms with Crippen LogP contribution < -0.4 is 0 Å². The molecule has 1 aromatic carbocycles. The van der Waals surface area contributed by atoms with Gasteiger partial charge >= 0.3 is 0 Å². The van der Waals surface area contributed by atoms with Crippen LogP contribution in [0.5, 0.6) is 0 Å². The lowest BCUT2D eigenvalue weighted by molar-refractivity contribution is 0.0180. The zero-order valence-corrected chi connectivity index (χ0v) is 12.6. The van der Waals surface area contributed by atoms with Crippen LogP contribution in [0.3, 0.4) is 0 Å². The quantitative estimate of drug-likeness (QED) is 0.904. The van der Waals surface area contributed by atoms with Crippen LogP contribution in [0, 0.1) is 22.7 Å². The third kappa shape index (κ3) is 3.64. The molecule has 0 aromatic heterocycles. The summed E-state index contributed by atoms with van der Waals surface area (Å²) in [6, 6.07) is 10.1. The van der Waals surface area contributed by atoms with Crippen molar-refractivity contribution in [2.75, 3.05) is 19.7 Å². The summed E-state index contributed by atoms with van der Waals surface area (Å²) < 4.78 is 0. The molecule has 1 aliphatic carbocycles. The van der Waals surface area contributed by atoms with Gasteiger partial charge in [0.1, 0.15) is 0 Å². The lowest BCUT2D eigenvalue weighted by atomic mass is 9.76. The molecule has 3 rings (SSSR count). The number of hydrogen-bond acceptors (Lipinski definition) is 3. The molecule has 1 atom stereocenters. The van der Waals surface area contributed by atoms with Crippen molar-refractivity contribution in [3.63, 3.8) is 0 Å². The van der Waals surface area contributed by atoms with Gasteiger partial charge in [-0.15, -0.1) is 0 Å². The Bertz CT molecular complexity index is 532. The Kier molecular flexibility index (Phi) is 4.28. The smallest absolute Gasteiger partial charge is 0.0991 e. The molecule has 0 spiro atoms. The maximum absolute atomic E-state index is 9.91. The summed E-state index contributed by atoms with van der Waals surface area (Å²) >= 11 is 0. The largest absolute Gasteiger partial charge is 0.396 e. The van der Waals surface area contributed by atoms with E-state index < -0.39 is 0 Å². The molecular weight excluding hydrogens is 260 g/mol. The van der Waals surface area contributed by atoms with E-state index in [1.165, 1.54) is 31.2 Å². The molecule has 0 radical (unpaired) electrons. The number of nitriles is 1. The van der Waals surface area contributed by atoms with Crippen LogP contribution >= 0.6 is 0 Å². The van der Waals surface area contributed by atoms with Gasteiger partial charge in [0.2, 0.25) is 0 Å². The van der Waals surface area contributed by atoms with Crippen LogP contribution in [0.4, 0.5) is 0 Å². The fourth-order valence-electron chi connectivity index (χ4n) is 3.74. The second kappa shape index (κ2) is 6.17. The van der Waals surface area contributed by atoms with Crippen molar-refractivity contribution in [2.45, 2.75) is 38.6 Å². The Morgan fingerprint density at radius 2 is 2.24 bits per heavy atom. The standard InChI is InChI=1S/C18H24N2O/c19-11-16-3-1-4-17(9-16)12-20-8-2-7-18(13-20,14-21)10-15-5-6-15/h1,3-4,9,15,21H,2,5-8,10,12-14H2/t18-/m1/s1. The molecule has 1 saturated heterocycles. The van der Waals surface area contributed by atoms with Crippen molar-refractivity contribution in [3.05, 3.63) is 35.4 Å². The van der Waals surface area contributed by atoms with E-state index in [1.54, 1.807) is 0 Å². The Labute approximate surface area is 127 Å². The average Bonchev–Trinajstić information content (AvgIpc) is 3.31. The molecule has 2 fully saturated rings. The van der Waals surface area contributed by atoms with Gasteiger partial charge < -0.3 is 5.11 Å². The van der Waals surface area contributed by atoms with Crippen LogP contribution in [-0.2, 0) is 6.54 Å². The van der Waals surface area contributed by atoms with E-state index in [-0.39, 0.29) is 5.41 Å². The highest BCUT2D eigenvalue weighted by Gasteiger charge is 2.39. The predicted octanol–water partition coefficient (Wildman–Crippen LogP) is 2.93. The number of aliphatic hydroxyl groups is 1. The van der Waals surface area contributed by atoms with E-state index >= 15 is 0 Å². The van der Waals surface area contributed by atoms with E-state index in [9.17, 15) is 5.11 Å². The molecule has 2 aliphatic rings. The summed E-state index contributed by atoms with van der Waals surface area (Å²) in [6.45, 7) is 3.31. The Hall–Kier alpha value is -1.37. The van der Waals surface area contributed by atoms with Gasteiger partial charge in [-0.1, -0.05) is 25.0 Å². The molecule has 0 unspecified atom stereocenters. The van der Waals surface area contributed by atoms with Gasteiger partial charge in [-0.05, 0) is 49.4 Å². The summed E-state index contributed by atoms with van der Waals surface area (Å²) in [6.07, 6.45) is 6.23. The molecule has 1 saturated carbocycles. The second-order valence-corrected chi connectivity index (χ2v) is 6.93. The highest BCUT2D eigenvalue weighted by atomic mass is 16.3. The fraction of sp³-hybridized carbons (Fsp3) is 0.611. The molecule has 1 aromatic rings. The van der Waals surface area contributed by atoms with Crippen LogP contribution in [0.25, 0.3) is 0 Å². The molecule has 1 N–H and O–H groups in total. The molecule has 1 aliphatic heterocycles. The number of rotatable bonds is 5. The van der Waals surface area contributed by atoms with Gasteiger partial charge in [-0.25, -0.2) is 0 Å². The third-order valence-electron chi connectivity index (χ3n) is 4.96. The second-order valence-electron chi connectivity index (χ2n) is 6.93. The van der Waals surface area contributed by atoms with Gasteiger partial charge in [0.25, 0.3) is 0 Å². The number of aliphatic hydroxyl groups excluding tert-OH is 1. The van der Waals surface area contributed by atoms with E-state index in [1.807, 2.05) is 18.2 Å². The summed E-state index contributed by atoms with van der Waals surface area (Å²) in [5, 5.41) is 18.9. The minimum atomic E-state index is 0.117. The first-order valence-corrected chi connectivity index (χ1v) is 8.05. The molecule has 21 heavy (non-hydrogen) atoms. The molecule has 0 bridgehead atoms. The summed E-state index contributed by atoms with van der Waals surface area (Å²) in [7, 11) is 0. The van der Waals surface area contributed by atoms with E-state index in [4.69, 9.17) is 5.26 Å². The van der Waals surface area contributed by atoms with E-state index in [0.29, 0.717) is 6.61 Å². The van der Waals surface area contributed by atoms with Crippen LogP contribution in [-0.4, -0.2) is 29.7 Å². The molecule has 112 valence electrons. The van der Waals surface area contributed by atoms with Gasteiger partial charge in [-0.3, -0.25) is 4.90 Å². The molecule has 3 nitrogen and oxygen atoms in total. The van der Waals surface area contributed by atoms with Crippen molar-refractivity contribution in [1.29, 1.82) is 5.26 Å². The van der Waals surface area contributed by atoms with Gasteiger partial charge in [0, 0.05) is 25.1 Å². The van der Waals surface area contributed by atoms with Crippen molar-refractivity contribution in [2.24, 2.45) is 11.3 Å². The van der Waals surface area contributed by atoms with Gasteiger partial charge in [0.15, 0.2) is 0 Å². The predicted molar refractivity (Wildman–Crippen MR) is 82.5 cm³/mol. The number of nitrogens with zero attached hydrogens (tertiary/aromatic N) is 2. The van der Waals surface area contributed by atoms with Crippen molar-refractivity contribution >= 4 is 0 Å². The summed E-state index contributed by atoms with van der Waals surface area (Å²) in [5.74, 6) is 0.860. The summed E-state index contributed by atoms with van der Waals surface area (Å²) in [4.78, 5) is 2.46. The van der Waals surface area contributed by atoms with Crippen molar-refractivity contribution in [1.82, 2.24) is 4.90 Å². The van der Waals surface area contributed by atoms with Crippen molar-refractivity contribution in [3.8, 4) is 6.07 Å². The van der Waals surface area contributed by atoms with E-state index in [2.05, 4.69) is 17.0 Å². The minimum Gasteiger partial charge on any atom is -0.396 e. The maximum Gasteiger partial charge on any atom is 0.0991 e. The van der Waals surface area contributed by atoms with Gasteiger partial charge in [0.05, 0.1) is 11.6 Å². The summed E-state index contributed by atoms with van der Waals surface area (Å²) in [5.41, 5.74) is 2.05. The number of benzene rings is 1.